The fraction of sp³-hybridized carbons (Fsp3) is 0.263. The summed E-state index contributed by atoms with van der Waals surface area (Å²) in [4.78, 5) is 16.6. The van der Waals surface area contributed by atoms with Gasteiger partial charge in [-0.05, 0) is 42.8 Å². The quantitative estimate of drug-likeness (QED) is 0.664. The van der Waals surface area contributed by atoms with Gasteiger partial charge in [0.15, 0.2) is 6.61 Å². The Morgan fingerprint density at radius 3 is 2.75 bits per heavy atom. The average Bonchev–Trinajstić information content (AvgIpc) is 2.95. The number of carbonyl (C=O) groups excluding carboxylic acids is 1. The highest BCUT2D eigenvalue weighted by Gasteiger charge is 2.28. The lowest BCUT2D eigenvalue weighted by Crippen LogP contribution is -2.28. The molecule has 3 aromatic rings. The van der Waals surface area contributed by atoms with Gasteiger partial charge in [-0.1, -0.05) is 11.6 Å². The third-order valence-corrected chi connectivity index (χ3v) is 4.46. The van der Waals surface area contributed by atoms with Crippen molar-refractivity contribution in [2.24, 2.45) is 7.05 Å². The Morgan fingerprint density at radius 2 is 2.04 bits per heavy atom. The van der Waals surface area contributed by atoms with Crippen LogP contribution in [0.25, 0.3) is 10.9 Å². The number of halogens is 4. The van der Waals surface area contributed by atoms with Crippen LogP contribution in [0.15, 0.2) is 42.7 Å². The molecule has 0 unspecified atom stereocenters. The normalized spacial score (nSPS) is 12.8. The zero-order valence-electron chi connectivity index (χ0n) is 15.0. The molecule has 0 fully saturated rings. The average molecular weight is 412 g/mol. The van der Waals surface area contributed by atoms with E-state index in [9.17, 15) is 18.0 Å². The molecule has 2 heterocycles. The lowest BCUT2D eigenvalue weighted by atomic mass is 10.1. The van der Waals surface area contributed by atoms with Crippen LogP contribution in [-0.4, -0.2) is 28.2 Å². The highest BCUT2D eigenvalue weighted by molar-refractivity contribution is 6.31. The monoisotopic (exact) mass is 411 g/mol. The first-order chi connectivity index (χ1) is 13.1. The van der Waals surface area contributed by atoms with E-state index in [1.54, 1.807) is 36.7 Å². The van der Waals surface area contributed by atoms with Crippen LogP contribution in [-0.2, 0) is 7.05 Å². The third kappa shape index (κ3) is 4.56. The fourth-order valence-electron chi connectivity index (χ4n) is 2.81. The van der Waals surface area contributed by atoms with E-state index in [0.29, 0.717) is 16.3 Å². The molecule has 2 aromatic heterocycles. The number of aromatic nitrogens is 2. The first kappa shape index (κ1) is 20.0. The Kier molecular flexibility index (Phi) is 5.51. The van der Waals surface area contributed by atoms with Crippen molar-refractivity contribution in [2.75, 3.05) is 6.61 Å². The number of ether oxygens (including phenoxy) is 1. The number of hydrogen-bond acceptors (Lipinski definition) is 3. The number of fused-ring (bicyclic) bond motifs is 1. The predicted octanol–water partition coefficient (Wildman–Crippen LogP) is 4.66. The van der Waals surface area contributed by atoms with E-state index < -0.39 is 18.8 Å². The van der Waals surface area contributed by atoms with Gasteiger partial charge in [-0.25, -0.2) is 0 Å². The van der Waals surface area contributed by atoms with Crippen LogP contribution in [0.5, 0.6) is 5.75 Å². The van der Waals surface area contributed by atoms with Crippen molar-refractivity contribution < 1.29 is 22.7 Å². The Morgan fingerprint density at radius 1 is 1.29 bits per heavy atom. The molecule has 0 aliphatic rings. The summed E-state index contributed by atoms with van der Waals surface area (Å²) in [5.41, 5.74) is 1.81. The van der Waals surface area contributed by atoms with Crippen molar-refractivity contribution in [3.8, 4) is 5.75 Å². The molecule has 0 radical (unpaired) electrons. The fourth-order valence-corrected chi connectivity index (χ4v) is 2.99. The van der Waals surface area contributed by atoms with Crippen molar-refractivity contribution in [3.63, 3.8) is 0 Å². The molecule has 0 aliphatic carbocycles. The van der Waals surface area contributed by atoms with Crippen LogP contribution in [0.1, 0.15) is 29.0 Å². The molecule has 1 aromatic carbocycles. The summed E-state index contributed by atoms with van der Waals surface area (Å²) in [6, 6.07) is 7.99. The number of pyridine rings is 1. The number of aryl methyl sites for hydroxylation is 1. The standard InChI is InChI=1S/C19H17ClF3N3O2/c1-11(13-6-15(9-24-8-13)28-10-19(21,22)23)25-18(27)17-7-12-5-14(20)3-4-16(12)26(17)2/h3-9,11H,10H2,1-2H3,(H,25,27)/t11-/m1/s1. The maximum Gasteiger partial charge on any atom is 0.422 e. The van der Waals surface area contributed by atoms with Crippen LogP contribution in [0.2, 0.25) is 5.02 Å². The number of nitrogens with zero attached hydrogens (tertiary/aromatic N) is 2. The Hall–Kier alpha value is -2.74. The molecular formula is C19H17ClF3N3O2. The van der Waals surface area contributed by atoms with Crippen molar-refractivity contribution in [1.29, 1.82) is 0 Å². The second-order valence-corrected chi connectivity index (χ2v) is 6.78. The molecule has 1 N–H and O–H groups in total. The van der Waals surface area contributed by atoms with Gasteiger partial charge in [0.2, 0.25) is 0 Å². The third-order valence-electron chi connectivity index (χ3n) is 4.22. The van der Waals surface area contributed by atoms with E-state index in [2.05, 4.69) is 10.3 Å². The van der Waals surface area contributed by atoms with Gasteiger partial charge in [-0.15, -0.1) is 0 Å². The second kappa shape index (κ2) is 7.71. The van der Waals surface area contributed by atoms with Crippen molar-refractivity contribution in [3.05, 3.63) is 59.0 Å². The Bertz CT molecular complexity index is 1020. The number of carbonyl (C=O) groups is 1. The van der Waals surface area contributed by atoms with Crippen LogP contribution < -0.4 is 10.1 Å². The lowest BCUT2D eigenvalue weighted by Gasteiger charge is -2.16. The number of amides is 1. The smallest absolute Gasteiger partial charge is 0.422 e. The minimum absolute atomic E-state index is 0.0184. The van der Waals surface area contributed by atoms with Crippen LogP contribution >= 0.6 is 11.6 Å². The van der Waals surface area contributed by atoms with Crippen LogP contribution in [0.4, 0.5) is 13.2 Å². The molecule has 0 saturated heterocycles. The summed E-state index contributed by atoms with van der Waals surface area (Å²) < 4.78 is 43.3. The largest absolute Gasteiger partial charge is 0.482 e. The van der Waals surface area contributed by atoms with Gasteiger partial charge in [-0.2, -0.15) is 13.2 Å². The summed E-state index contributed by atoms with van der Waals surface area (Å²) in [6.45, 7) is 0.305. The number of alkyl halides is 3. The van der Waals surface area contributed by atoms with Gasteiger partial charge in [0.1, 0.15) is 11.4 Å². The van der Waals surface area contributed by atoms with Crippen molar-refractivity contribution in [1.82, 2.24) is 14.9 Å². The number of nitrogens with one attached hydrogen (secondary N) is 1. The number of hydrogen-bond donors (Lipinski definition) is 1. The van der Waals surface area contributed by atoms with Crippen molar-refractivity contribution >= 4 is 28.4 Å². The predicted molar refractivity (Wildman–Crippen MR) is 99.6 cm³/mol. The van der Waals surface area contributed by atoms with E-state index in [-0.39, 0.29) is 11.7 Å². The van der Waals surface area contributed by atoms with Gasteiger partial charge in [0, 0.05) is 29.2 Å². The van der Waals surface area contributed by atoms with Gasteiger partial charge in [0.25, 0.3) is 5.91 Å². The molecule has 0 saturated carbocycles. The van der Waals surface area contributed by atoms with Gasteiger partial charge < -0.3 is 14.6 Å². The van der Waals surface area contributed by atoms with Crippen LogP contribution in [0, 0.1) is 0 Å². The molecule has 148 valence electrons. The molecule has 3 rings (SSSR count). The molecule has 0 bridgehead atoms. The highest BCUT2D eigenvalue weighted by atomic mass is 35.5. The molecule has 5 nitrogen and oxygen atoms in total. The molecule has 1 atom stereocenters. The van der Waals surface area contributed by atoms with Crippen molar-refractivity contribution in [2.45, 2.75) is 19.1 Å². The second-order valence-electron chi connectivity index (χ2n) is 6.34. The minimum Gasteiger partial charge on any atom is -0.482 e. The first-order valence-corrected chi connectivity index (χ1v) is 8.72. The number of benzene rings is 1. The maximum atomic E-state index is 12.7. The van der Waals surface area contributed by atoms with Crippen LogP contribution in [0.3, 0.4) is 0 Å². The van der Waals surface area contributed by atoms with E-state index >= 15 is 0 Å². The summed E-state index contributed by atoms with van der Waals surface area (Å²) in [6.07, 6.45) is -1.78. The van der Waals surface area contributed by atoms with E-state index in [1.165, 1.54) is 18.5 Å². The summed E-state index contributed by atoms with van der Waals surface area (Å²) in [7, 11) is 1.77. The summed E-state index contributed by atoms with van der Waals surface area (Å²) in [5, 5.41) is 4.22. The molecule has 0 spiro atoms. The molecular weight excluding hydrogens is 395 g/mol. The van der Waals surface area contributed by atoms with Gasteiger partial charge >= 0.3 is 6.18 Å². The zero-order chi connectivity index (χ0) is 20.5. The molecule has 9 heteroatoms. The zero-order valence-corrected chi connectivity index (χ0v) is 15.8. The topological polar surface area (TPSA) is 56.2 Å². The van der Waals surface area contributed by atoms with E-state index in [1.807, 2.05) is 6.07 Å². The molecule has 0 aliphatic heterocycles. The minimum atomic E-state index is -4.44. The maximum absolute atomic E-state index is 12.7. The van der Waals surface area contributed by atoms with Gasteiger partial charge in [0.05, 0.1) is 12.2 Å². The Balaban J connectivity index is 1.75. The number of rotatable bonds is 5. The van der Waals surface area contributed by atoms with E-state index in [4.69, 9.17) is 16.3 Å². The first-order valence-electron chi connectivity index (χ1n) is 8.34. The Labute approximate surface area is 164 Å². The lowest BCUT2D eigenvalue weighted by molar-refractivity contribution is -0.153. The highest BCUT2D eigenvalue weighted by Crippen LogP contribution is 2.24. The summed E-state index contributed by atoms with van der Waals surface area (Å²) in [5.74, 6) is -0.348. The SMILES string of the molecule is C[C@@H](NC(=O)c1cc2cc(Cl)ccc2n1C)c1cncc(OCC(F)(F)F)c1. The molecule has 1 amide bonds. The van der Waals surface area contributed by atoms with Gasteiger partial charge in [-0.3, -0.25) is 9.78 Å². The molecule has 28 heavy (non-hydrogen) atoms. The van der Waals surface area contributed by atoms with E-state index in [0.717, 1.165) is 10.9 Å². The summed E-state index contributed by atoms with van der Waals surface area (Å²) >= 11 is 5.99.